The molecule has 0 radical (unpaired) electrons. The summed E-state index contributed by atoms with van der Waals surface area (Å²) in [6, 6.07) is 0.861. The van der Waals surface area contributed by atoms with Gasteiger partial charge in [-0.3, -0.25) is 0 Å². The van der Waals surface area contributed by atoms with Gasteiger partial charge in [0.25, 0.3) is 0 Å². The second kappa shape index (κ2) is 10.5. The van der Waals surface area contributed by atoms with E-state index in [0.29, 0.717) is 0 Å². The molecule has 2 fully saturated rings. The quantitative estimate of drug-likeness (QED) is 0.845. The first-order valence-corrected chi connectivity index (χ1v) is 6.42. The number of hydrogen-bond acceptors (Lipinski definition) is 3. The minimum Gasteiger partial charge on any atom is -0.330 e. The lowest BCUT2D eigenvalue weighted by Crippen LogP contribution is -2.47. The van der Waals surface area contributed by atoms with E-state index in [9.17, 15) is 0 Å². The normalized spacial score (nSPS) is 23.7. The molecule has 2 heterocycles. The number of nitrogens with two attached hydrogens (primary N) is 1. The lowest BCUT2D eigenvalue weighted by molar-refractivity contribution is 0.0870. The molecule has 0 atom stereocenters. The summed E-state index contributed by atoms with van der Waals surface area (Å²) in [4.78, 5) is 5.16. The summed E-state index contributed by atoms with van der Waals surface area (Å²) in [6.07, 6.45) is 5.37. The third-order valence-electron chi connectivity index (χ3n) is 4.19. The lowest BCUT2D eigenvalue weighted by Gasteiger charge is -2.40. The van der Waals surface area contributed by atoms with Gasteiger partial charge in [0.15, 0.2) is 0 Å². The molecule has 0 saturated carbocycles. The third kappa shape index (κ3) is 5.81. The fourth-order valence-corrected chi connectivity index (χ4v) is 2.91. The van der Waals surface area contributed by atoms with Crippen LogP contribution < -0.4 is 5.73 Å². The molecule has 0 bridgehead atoms. The molecular weight excluding hydrogens is 293 g/mol. The number of halogens is 3. The highest BCUT2D eigenvalue weighted by Crippen LogP contribution is 2.22. The van der Waals surface area contributed by atoms with Gasteiger partial charge in [0, 0.05) is 6.04 Å². The molecule has 2 aliphatic heterocycles. The highest BCUT2D eigenvalue weighted by atomic mass is 35.5. The van der Waals surface area contributed by atoms with Crippen LogP contribution in [0.2, 0.25) is 0 Å². The van der Waals surface area contributed by atoms with E-state index in [4.69, 9.17) is 5.73 Å². The van der Waals surface area contributed by atoms with Crippen molar-refractivity contribution in [2.75, 3.05) is 39.8 Å². The molecule has 0 aromatic carbocycles. The van der Waals surface area contributed by atoms with Gasteiger partial charge < -0.3 is 15.5 Å². The molecule has 6 heteroatoms. The van der Waals surface area contributed by atoms with Crippen molar-refractivity contribution in [3.63, 3.8) is 0 Å². The molecule has 2 saturated heterocycles. The van der Waals surface area contributed by atoms with Crippen molar-refractivity contribution in [1.82, 2.24) is 9.80 Å². The second-order valence-corrected chi connectivity index (χ2v) is 5.25. The van der Waals surface area contributed by atoms with Crippen LogP contribution in [0.4, 0.5) is 0 Å². The molecule has 112 valence electrons. The van der Waals surface area contributed by atoms with Crippen molar-refractivity contribution in [2.24, 2.45) is 11.7 Å². The largest absolute Gasteiger partial charge is 0.330 e. The minimum absolute atomic E-state index is 0. The summed E-state index contributed by atoms with van der Waals surface area (Å²) < 4.78 is 0. The van der Waals surface area contributed by atoms with Gasteiger partial charge in [-0.1, -0.05) is 0 Å². The fourth-order valence-electron chi connectivity index (χ4n) is 2.91. The van der Waals surface area contributed by atoms with E-state index in [-0.39, 0.29) is 37.2 Å². The summed E-state index contributed by atoms with van der Waals surface area (Å²) in [5.74, 6) is 0.799. The van der Waals surface area contributed by atoms with Crippen LogP contribution in [-0.2, 0) is 0 Å². The van der Waals surface area contributed by atoms with Crippen molar-refractivity contribution >= 4 is 37.2 Å². The molecule has 2 N–H and O–H groups in total. The Morgan fingerprint density at radius 2 is 1.39 bits per heavy atom. The molecule has 18 heavy (non-hydrogen) atoms. The van der Waals surface area contributed by atoms with Crippen LogP contribution in [-0.4, -0.2) is 55.6 Å². The summed E-state index contributed by atoms with van der Waals surface area (Å²) in [5.41, 5.74) is 5.72. The molecule has 0 aliphatic carbocycles. The average Bonchev–Trinajstić information content (AvgIpc) is 2.30. The fraction of sp³-hybridized carbons (Fsp3) is 1.00. The van der Waals surface area contributed by atoms with Crippen LogP contribution in [0.25, 0.3) is 0 Å². The maximum Gasteiger partial charge on any atom is 0.0120 e. The predicted octanol–water partition coefficient (Wildman–Crippen LogP) is 2.02. The first-order chi connectivity index (χ1) is 7.29. The molecule has 0 aromatic heterocycles. The highest BCUT2D eigenvalue weighted by Gasteiger charge is 2.26. The smallest absolute Gasteiger partial charge is 0.0120 e. The maximum absolute atomic E-state index is 5.72. The summed E-state index contributed by atoms with van der Waals surface area (Å²) in [6.45, 7) is 6.02. The van der Waals surface area contributed by atoms with Crippen molar-refractivity contribution < 1.29 is 0 Å². The number of rotatable bonds is 2. The molecule has 0 spiro atoms. The van der Waals surface area contributed by atoms with E-state index >= 15 is 0 Å². The highest BCUT2D eigenvalue weighted by molar-refractivity contribution is 5.86. The average molecular weight is 321 g/mol. The van der Waals surface area contributed by atoms with Crippen LogP contribution >= 0.6 is 37.2 Å². The number of nitrogens with zero attached hydrogens (tertiary/aromatic N) is 2. The van der Waals surface area contributed by atoms with E-state index < -0.39 is 0 Å². The Hall–Kier alpha value is 0.750. The maximum atomic E-state index is 5.72. The monoisotopic (exact) mass is 319 g/mol. The van der Waals surface area contributed by atoms with E-state index in [2.05, 4.69) is 16.8 Å². The van der Waals surface area contributed by atoms with Crippen molar-refractivity contribution in [3.05, 3.63) is 0 Å². The summed E-state index contributed by atoms with van der Waals surface area (Å²) in [7, 11) is 2.23. The summed E-state index contributed by atoms with van der Waals surface area (Å²) in [5, 5.41) is 0. The minimum atomic E-state index is 0. The molecule has 0 unspecified atom stereocenters. The predicted molar refractivity (Wildman–Crippen MR) is 85.6 cm³/mol. The Morgan fingerprint density at radius 3 is 1.83 bits per heavy atom. The Kier molecular flexibility index (Phi) is 12.3. The van der Waals surface area contributed by atoms with E-state index in [1.54, 1.807) is 0 Å². The van der Waals surface area contributed by atoms with Gasteiger partial charge >= 0.3 is 0 Å². The third-order valence-corrected chi connectivity index (χ3v) is 4.19. The molecule has 2 aliphatic rings. The Bertz CT molecular complexity index is 191. The zero-order chi connectivity index (χ0) is 10.7. The summed E-state index contributed by atoms with van der Waals surface area (Å²) >= 11 is 0. The topological polar surface area (TPSA) is 32.5 Å². The van der Waals surface area contributed by atoms with Gasteiger partial charge in [-0.15, -0.1) is 37.2 Å². The molecule has 2 rings (SSSR count). The van der Waals surface area contributed by atoms with Crippen molar-refractivity contribution in [2.45, 2.75) is 31.7 Å². The number of piperidine rings is 2. The standard InChI is InChI=1S/C12H25N3.3ClH/c1-14-6-4-12(5-7-14)15-8-2-11(10-13)3-9-15;;;/h11-12H,2-10,13H2,1H3;3*1H. The molecular formula is C12H28Cl3N3. The lowest BCUT2D eigenvalue weighted by atomic mass is 9.94. The van der Waals surface area contributed by atoms with E-state index in [1.807, 2.05) is 0 Å². The Morgan fingerprint density at radius 1 is 0.889 bits per heavy atom. The second-order valence-electron chi connectivity index (χ2n) is 5.25. The number of hydrogen-bond donors (Lipinski definition) is 1. The Labute approximate surface area is 130 Å². The zero-order valence-corrected chi connectivity index (χ0v) is 13.7. The zero-order valence-electron chi connectivity index (χ0n) is 11.2. The number of likely N-dealkylation sites (tertiary alicyclic amines) is 2. The first-order valence-electron chi connectivity index (χ1n) is 6.42. The van der Waals surface area contributed by atoms with Crippen molar-refractivity contribution in [3.8, 4) is 0 Å². The van der Waals surface area contributed by atoms with E-state index in [1.165, 1.54) is 51.9 Å². The van der Waals surface area contributed by atoms with Crippen LogP contribution in [0.1, 0.15) is 25.7 Å². The van der Waals surface area contributed by atoms with Gasteiger partial charge in [-0.05, 0) is 71.4 Å². The van der Waals surface area contributed by atoms with E-state index in [0.717, 1.165) is 18.5 Å². The van der Waals surface area contributed by atoms with Gasteiger partial charge in [-0.25, -0.2) is 0 Å². The SMILES string of the molecule is CN1CCC(N2CCC(CN)CC2)CC1.Cl.Cl.Cl. The molecule has 0 aromatic rings. The molecule has 0 amide bonds. The van der Waals surface area contributed by atoms with Gasteiger partial charge in [0.2, 0.25) is 0 Å². The molecule has 3 nitrogen and oxygen atoms in total. The van der Waals surface area contributed by atoms with Crippen LogP contribution in [0.3, 0.4) is 0 Å². The Balaban J connectivity index is 0. The van der Waals surface area contributed by atoms with Crippen LogP contribution in [0.5, 0.6) is 0 Å². The van der Waals surface area contributed by atoms with Gasteiger partial charge in [-0.2, -0.15) is 0 Å². The van der Waals surface area contributed by atoms with Gasteiger partial charge in [0.1, 0.15) is 0 Å². The van der Waals surface area contributed by atoms with Gasteiger partial charge in [0.05, 0.1) is 0 Å². The van der Waals surface area contributed by atoms with Crippen LogP contribution in [0.15, 0.2) is 0 Å². The van der Waals surface area contributed by atoms with Crippen LogP contribution in [0, 0.1) is 5.92 Å². The van der Waals surface area contributed by atoms with Crippen molar-refractivity contribution in [1.29, 1.82) is 0 Å². The first kappa shape index (κ1) is 21.1.